The Bertz CT molecular complexity index is 1330. The number of urea groups is 1. The molecule has 18 heteroatoms. The molecule has 0 radical (unpaired) electrons. The number of carbonyl (C=O) groups excluding carboxylic acids is 3. The van der Waals surface area contributed by atoms with E-state index < -0.39 is 77.9 Å². The van der Waals surface area contributed by atoms with Crippen LogP contribution in [0.4, 0.5) is 31.1 Å². The summed E-state index contributed by atoms with van der Waals surface area (Å²) in [6.07, 6.45) is -10.8. The van der Waals surface area contributed by atoms with E-state index >= 15 is 0 Å². The van der Waals surface area contributed by atoms with Crippen LogP contribution >= 0.6 is 0 Å². The van der Waals surface area contributed by atoms with Crippen LogP contribution in [0.3, 0.4) is 0 Å². The normalized spacial score (nSPS) is 12.1. The average molecular weight is 634 g/mol. The van der Waals surface area contributed by atoms with Gasteiger partial charge >= 0.3 is 24.4 Å². The fraction of sp³-hybridized carbons (Fsp3) is 0.346. The van der Waals surface area contributed by atoms with E-state index in [4.69, 9.17) is 22.0 Å². The fourth-order valence-electron chi connectivity index (χ4n) is 3.94. The molecule has 240 valence electrons. The molecule has 2 aromatic rings. The number of nitrogens with one attached hydrogen (secondary N) is 4. The highest BCUT2D eigenvalue weighted by Crippen LogP contribution is 2.37. The maximum Gasteiger partial charge on any atom is 0.416 e. The lowest BCUT2D eigenvalue weighted by molar-refractivity contribution is -0.143. The smallest absolute Gasteiger partial charge is 0.416 e. The minimum atomic E-state index is -5.26. The molecular formula is C26H29F6N7O5. The highest BCUT2D eigenvalue weighted by molar-refractivity contribution is 5.98. The van der Waals surface area contributed by atoms with Crippen molar-refractivity contribution in [1.82, 2.24) is 20.9 Å². The zero-order valence-electron chi connectivity index (χ0n) is 22.8. The highest BCUT2D eigenvalue weighted by Gasteiger charge is 2.39. The molecule has 2 aromatic carbocycles. The molecule has 0 aliphatic rings. The lowest BCUT2D eigenvalue weighted by Gasteiger charge is -2.32. The van der Waals surface area contributed by atoms with Gasteiger partial charge in [-0.05, 0) is 42.2 Å². The molecule has 2 rings (SSSR count). The molecule has 0 unspecified atom stereocenters. The van der Waals surface area contributed by atoms with Crippen LogP contribution in [0.5, 0.6) is 0 Å². The van der Waals surface area contributed by atoms with E-state index in [0.29, 0.717) is 5.56 Å². The number of amides is 4. The van der Waals surface area contributed by atoms with Gasteiger partial charge in [0.1, 0.15) is 12.6 Å². The number of halogens is 6. The van der Waals surface area contributed by atoms with Gasteiger partial charge in [-0.2, -0.15) is 26.3 Å². The summed E-state index contributed by atoms with van der Waals surface area (Å²) in [5.74, 6) is -4.31. The van der Waals surface area contributed by atoms with Gasteiger partial charge in [-0.3, -0.25) is 19.8 Å². The highest BCUT2D eigenvalue weighted by atomic mass is 19.4. The number of nitrogens with two attached hydrogens (primary N) is 2. The third-order valence-corrected chi connectivity index (χ3v) is 6.00. The van der Waals surface area contributed by atoms with Crippen LogP contribution in [-0.2, 0) is 35.0 Å². The first kappa shape index (κ1) is 35.2. The molecule has 0 saturated carbocycles. The van der Waals surface area contributed by atoms with Crippen molar-refractivity contribution in [3.63, 3.8) is 0 Å². The Labute approximate surface area is 246 Å². The van der Waals surface area contributed by atoms with Gasteiger partial charge in [0.05, 0.1) is 11.1 Å². The summed E-state index contributed by atoms with van der Waals surface area (Å²) in [6.45, 7) is -1.40. The van der Waals surface area contributed by atoms with Crippen molar-refractivity contribution in [1.29, 1.82) is 5.41 Å². The lowest BCUT2D eigenvalue weighted by atomic mass is 10.0. The number of carboxylic acids is 1. The third-order valence-electron chi connectivity index (χ3n) is 6.00. The Morgan fingerprint density at radius 2 is 1.41 bits per heavy atom. The lowest BCUT2D eigenvalue weighted by Crippen LogP contribution is -2.50. The quantitative estimate of drug-likeness (QED) is 0.0759. The van der Waals surface area contributed by atoms with Crippen molar-refractivity contribution in [2.45, 2.75) is 44.3 Å². The second kappa shape index (κ2) is 14.9. The van der Waals surface area contributed by atoms with Gasteiger partial charge in [-0.1, -0.05) is 24.3 Å². The standard InChI is InChI=1S/C26H29F6N7O5/c27-25(28,29)17-8-16(9-18(10-17)26(30,31)32)22(43)39(13-15-5-3-14(4-6-15)11-38-24(35)44)19(2-1-7-36-23(33)34)21(42)37-12-20(40)41/h3-6,8-10,19H,1-2,7,11-13H2,(H,37,42)(H,40,41)(H4,33,34,36)(H3,35,38,44)/t19-/m1/s1. The number of hydrogen-bond donors (Lipinski definition) is 7. The Balaban J connectivity index is 2.62. The Morgan fingerprint density at radius 3 is 1.89 bits per heavy atom. The number of benzene rings is 2. The predicted molar refractivity (Wildman–Crippen MR) is 143 cm³/mol. The number of alkyl halides is 6. The number of rotatable bonds is 13. The largest absolute Gasteiger partial charge is 0.480 e. The molecule has 12 nitrogen and oxygen atoms in total. The number of primary amides is 1. The molecule has 0 aliphatic carbocycles. The topological polar surface area (TPSA) is 204 Å². The van der Waals surface area contributed by atoms with Crippen LogP contribution in [-0.4, -0.2) is 58.9 Å². The number of carboxylic acid groups (broad SMARTS) is 1. The molecular weight excluding hydrogens is 604 g/mol. The van der Waals surface area contributed by atoms with E-state index in [-0.39, 0.29) is 49.7 Å². The average Bonchev–Trinajstić information content (AvgIpc) is 2.92. The van der Waals surface area contributed by atoms with Crippen LogP contribution in [0.15, 0.2) is 42.5 Å². The van der Waals surface area contributed by atoms with Gasteiger partial charge in [-0.25, -0.2) is 4.79 Å². The summed E-state index contributed by atoms with van der Waals surface area (Å²) in [6, 6.07) is 3.79. The fourth-order valence-corrected chi connectivity index (χ4v) is 3.94. The van der Waals surface area contributed by atoms with Crippen LogP contribution in [0.1, 0.15) is 45.5 Å². The SMILES string of the molecule is N=C(N)NCCC[C@H](C(=O)NCC(=O)O)N(Cc1ccc(CNC(N)=O)cc1)C(=O)c1cc(C(F)(F)F)cc(C(F)(F)F)c1. The number of guanidine groups is 1. The van der Waals surface area contributed by atoms with Crippen LogP contribution in [0.2, 0.25) is 0 Å². The number of nitrogens with zero attached hydrogens (tertiary/aromatic N) is 1. The molecule has 0 spiro atoms. The van der Waals surface area contributed by atoms with Crippen LogP contribution in [0.25, 0.3) is 0 Å². The van der Waals surface area contributed by atoms with Gasteiger partial charge in [0.15, 0.2) is 5.96 Å². The molecule has 4 amide bonds. The van der Waals surface area contributed by atoms with Crippen molar-refractivity contribution in [2.75, 3.05) is 13.1 Å². The van der Waals surface area contributed by atoms with Gasteiger partial charge in [-0.15, -0.1) is 0 Å². The first-order chi connectivity index (χ1) is 20.4. The van der Waals surface area contributed by atoms with E-state index in [1.807, 2.05) is 0 Å². The van der Waals surface area contributed by atoms with E-state index in [1.165, 1.54) is 24.3 Å². The van der Waals surface area contributed by atoms with Gasteiger partial charge in [0, 0.05) is 25.2 Å². The summed E-state index contributed by atoms with van der Waals surface area (Å²) < 4.78 is 81.3. The summed E-state index contributed by atoms with van der Waals surface area (Å²) in [5, 5.41) is 23.1. The van der Waals surface area contributed by atoms with Crippen LogP contribution < -0.4 is 27.4 Å². The van der Waals surface area contributed by atoms with Crippen molar-refractivity contribution >= 4 is 29.8 Å². The Hall–Kier alpha value is -5.03. The molecule has 0 aromatic heterocycles. The maximum absolute atomic E-state index is 13.7. The van der Waals surface area contributed by atoms with E-state index in [0.717, 1.165) is 4.90 Å². The Morgan fingerprint density at radius 1 is 0.864 bits per heavy atom. The summed E-state index contributed by atoms with van der Waals surface area (Å²) in [5.41, 5.74) is 6.58. The maximum atomic E-state index is 13.7. The van der Waals surface area contributed by atoms with Gasteiger partial charge in [0.2, 0.25) is 5.91 Å². The summed E-state index contributed by atoms with van der Waals surface area (Å²) in [4.78, 5) is 49.7. The molecule has 9 N–H and O–H groups in total. The minimum Gasteiger partial charge on any atom is -0.480 e. The Kier molecular flexibility index (Phi) is 11.9. The monoisotopic (exact) mass is 633 g/mol. The van der Waals surface area contributed by atoms with Gasteiger partial charge < -0.3 is 37.4 Å². The molecule has 0 aliphatic heterocycles. The number of carbonyl (C=O) groups is 4. The van der Waals surface area contributed by atoms with E-state index in [9.17, 15) is 45.5 Å². The van der Waals surface area contributed by atoms with Crippen molar-refractivity contribution < 1.29 is 50.6 Å². The molecule has 0 bridgehead atoms. The molecule has 0 heterocycles. The second-order valence-electron chi connectivity index (χ2n) is 9.37. The van der Waals surface area contributed by atoms with Crippen molar-refractivity contribution in [2.24, 2.45) is 11.5 Å². The zero-order chi connectivity index (χ0) is 33.2. The molecule has 0 fully saturated rings. The second-order valence-corrected chi connectivity index (χ2v) is 9.37. The van der Waals surface area contributed by atoms with Crippen molar-refractivity contribution in [3.05, 3.63) is 70.3 Å². The predicted octanol–water partition coefficient (Wildman–Crippen LogP) is 2.37. The third kappa shape index (κ3) is 11.0. The first-order valence-corrected chi connectivity index (χ1v) is 12.7. The number of aliphatic carboxylic acids is 1. The zero-order valence-corrected chi connectivity index (χ0v) is 22.8. The summed E-state index contributed by atoms with van der Waals surface area (Å²) >= 11 is 0. The molecule has 1 atom stereocenters. The van der Waals surface area contributed by atoms with E-state index in [2.05, 4.69) is 16.0 Å². The van der Waals surface area contributed by atoms with E-state index in [1.54, 1.807) is 0 Å². The van der Waals surface area contributed by atoms with Crippen molar-refractivity contribution in [3.8, 4) is 0 Å². The molecule has 0 saturated heterocycles. The number of hydrogen-bond acceptors (Lipinski definition) is 5. The molecule has 44 heavy (non-hydrogen) atoms. The van der Waals surface area contributed by atoms with Gasteiger partial charge in [0.25, 0.3) is 5.91 Å². The first-order valence-electron chi connectivity index (χ1n) is 12.7. The van der Waals surface area contributed by atoms with Crippen LogP contribution in [0, 0.1) is 5.41 Å². The minimum absolute atomic E-state index is 0.0105. The summed E-state index contributed by atoms with van der Waals surface area (Å²) in [7, 11) is 0.